The largest absolute Gasteiger partial charge is 2.00 e. The summed E-state index contributed by atoms with van der Waals surface area (Å²) in [4.78, 5) is 0. The van der Waals surface area contributed by atoms with Gasteiger partial charge < -0.3 is 2.85 Å². The second-order valence-electron chi connectivity index (χ2n) is 0. The van der Waals surface area contributed by atoms with Crippen LogP contribution in [-0.2, 0) is 34.1 Å². The van der Waals surface area contributed by atoms with Gasteiger partial charge in [0.1, 0.15) is 0 Å². The molecule has 0 saturated carbocycles. The first-order valence-corrected chi connectivity index (χ1v) is 0. The maximum atomic E-state index is 0. The SMILES string of the molecule is Cl.[Fe].[H-].[H-].[Mg+2].[Mn]. The molecule has 0 heterocycles. The van der Waals surface area contributed by atoms with Gasteiger partial charge in [-0.3, -0.25) is 0 Å². The number of hydrogen-bond donors (Lipinski definition) is 0. The van der Waals surface area contributed by atoms with E-state index in [0.717, 1.165) is 0 Å². The Labute approximate surface area is 72.0 Å². The quantitative estimate of drug-likeness (QED) is 0.461. The molecule has 4 heavy (non-hydrogen) atoms. The van der Waals surface area contributed by atoms with Crippen LogP contribution in [0.15, 0.2) is 0 Å². The third-order valence-electron chi connectivity index (χ3n) is 0. The molecule has 0 saturated heterocycles. The fourth-order valence-electron chi connectivity index (χ4n) is 0. The van der Waals surface area contributed by atoms with Crippen molar-refractivity contribution < 1.29 is 37.0 Å². The minimum atomic E-state index is 0. The summed E-state index contributed by atoms with van der Waals surface area (Å²) >= 11 is 0. The van der Waals surface area contributed by atoms with E-state index in [9.17, 15) is 0 Å². The Balaban J connectivity index is 0. The van der Waals surface area contributed by atoms with Crippen molar-refractivity contribution in [1.82, 2.24) is 0 Å². The average Bonchev–Trinajstić information content (AvgIpc) is 0. The van der Waals surface area contributed by atoms with Crippen LogP contribution in [0.25, 0.3) is 0 Å². The molecule has 27 valence electrons. The van der Waals surface area contributed by atoms with E-state index in [2.05, 4.69) is 0 Å². The maximum Gasteiger partial charge on any atom is 2.00 e. The van der Waals surface area contributed by atoms with E-state index in [4.69, 9.17) is 0 Å². The summed E-state index contributed by atoms with van der Waals surface area (Å²) in [6.07, 6.45) is 0. The van der Waals surface area contributed by atoms with Crippen molar-refractivity contribution >= 4 is 35.5 Å². The van der Waals surface area contributed by atoms with Crippen molar-refractivity contribution in [2.75, 3.05) is 0 Å². The second-order valence-corrected chi connectivity index (χ2v) is 0. The monoisotopic (exact) mass is 173 g/mol. The second kappa shape index (κ2) is 19.5. The van der Waals surface area contributed by atoms with Crippen molar-refractivity contribution in [3.05, 3.63) is 0 Å². The van der Waals surface area contributed by atoms with Gasteiger partial charge in [-0.1, -0.05) is 0 Å². The van der Waals surface area contributed by atoms with Crippen LogP contribution in [0.4, 0.5) is 0 Å². The molecule has 0 aliphatic rings. The molecule has 0 rings (SSSR count). The molecule has 1 radical (unpaired) electrons. The predicted octanol–water partition coefficient (Wildman–Crippen LogP) is 0.261. The Kier molecular flexibility index (Phi) is 175. The Morgan fingerprint density at radius 2 is 1.25 bits per heavy atom. The van der Waals surface area contributed by atoms with Crippen molar-refractivity contribution in [2.45, 2.75) is 0 Å². The minimum absolute atomic E-state index is 0. The molecule has 0 aromatic heterocycles. The summed E-state index contributed by atoms with van der Waals surface area (Å²) < 4.78 is 0. The van der Waals surface area contributed by atoms with E-state index in [0.29, 0.717) is 0 Å². The van der Waals surface area contributed by atoms with Gasteiger partial charge in [-0.2, -0.15) is 0 Å². The summed E-state index contributed by atoms with van der Waals surface area (Å²) in [5.41, 5.74) is 0. The van der Waals surface area contributed by atoms with Crippen LogP contribution in [0.5, 0.6) is 0 Å². The molecule has 0 atom stereocenters. The van der Waals surface area contributed by atoms with Crippen molar-refractivity contribution in [3.8, 4) is 0 Å². The molecule has 4 heteroatoms. The summed E-state index contributed by atoms with van der Waals surface area (Å²) in [5, 5.41) is 0. The molecule has 0 amide bonds. The summed E-state index contributed by atoms with van der Waals surface area (Å²) in [6, 6.07) is 0. The third kappa shape index (κ3) is 8.94. The molecular weight excluding hydrogens is 171 g/mol. The molecule has 0 N–H and O–H groups in total. The van der Waals surface area contributed by atoms with Crippen LogP contribution in [0.1, 0.15) is 2.85 Å². The van der Waals surface area contributed by atoms with Crippen LogP contribution in [-0.4, -0.2) is 23.1 Å². The molecule has 0 spiro atoms. The zero-order valence-electron chi connectivity index (χ0n) is 3.85. The van der Waals surface area contributed by atoms with Crippen LogP contribution in [0.2, 0.25) is 0 Å². The van der Waals surface area contributed by atoms with Crippen molar-refractivity contribution in [2.24, 2.45) is 0 Å². The third-order valence-corrected chi connectivity index (χ3v) is 0. The maximum absolute atomic E-state index is 0. The minimum Gasteiger partial charge on any atom is -1.00 e. The van der Waals surface area contributed by atoms with E-state index < -0.39 is 0 Å². The first kappa shape index (κ1) is 36.0. The van der Waals surface area contributed by atoms with Crippen molar-refractivity contribution in [3.63, 3.8) is 0 Å². The normalized spacial score (nSPS) is 0. The summed E-state index contributed by atoms with van der Waals surface area (Å²) in [5.74, 6) is 0. The van der Waals surface area contributed by atoms with E-state index >= 15 is 0 Å². The van der Waals surface area contributed by atoms with E-state index in [1.54, 1.807) is 0 Å². The van der Waals surface area contributed by atoms with Gasteiger partial charge in [-0.25, -0.2) is 0 Å². The van der Waals surface area contributed by atoms with Gasteiger partial charge in [-0.15, -0.1) is 12.4 Å². The number of rotatable bonds is 0. The fourth-order valence-corrected chi connectivity index (χ4v) is 0. The van der Waals surface area contributed by atoms with Gasteiger partial charge in [0.25, 0.3) is 0 Å². The van der Waals surface area contributed by atoms with Gasteiger partial charge in [-0.05, 0) is 0 Å². The molecule has 0 aliphatic carbocycles. The van der Waals surface area contributed by atoms with E-state index in [1.807, 2.05) is 0 Å². The first-order chi connectivity index (χ1) is 0. The molecule has 0 unspecified atom stereocenters. The van der Waals surface area contributed by atoms with Crippen LogP contribution >= 0.6 is 12.4 Å². The number of hydrogen-bond acceptors (Lipinski definition) is 0. The zero-order valence-corrected chi connectivity index (χ0v) is 6.36. The van der Waals surface area contributed by atoms with Crippen LogP contribution < -0.4 is 0 Å². The molecule has 0 aliphatic heterocycles. The fraction of sp³-hybridized carbons (Fsp3) is 0. The number of halogens is 1. The molecule has 0 aromatic carbocycles. The van der Waals surface area contributed by atoms with Crippen molar-refractivity contribution in [1.29, 1.82) is 0 Å². The Morgan fingerprint density at radius 3 is 1.25 bits per heavy atom. The summed E-state index contributed by atoms with van der Waals surface area (Å²) in [7, 11) is 0. The Hall–Kier alpha value is 2.10. The Bertz CT molecular complexity index is 13.5. The van der Waals surface area contributed by atoms with Gasteiger partial charge in [0.15, 0.2) is 0 Å². The smallest absolute Gasteiger partial charge is 1.00 e. The molecule has 0 aromatic rings. The van der Waals surface area contributed by atoms with Gasteiger partial charge >= 0.3 is 23.1 Å². The average molecular weight is 174 g/mol. The summed E-state index contributed by atoms with van der Waals surface area (Å²) in [6.45, 7) is 0. The van der Waals surface area contributed by atoms with Gasteiger partial charge in [0, 0.05) is 34.1 Å². The molecule has 0 bridgehead atoms. The van der Waals surface area contributed by atoms with E-state index in [-0.39, 0.29) is 72.5 Å². The first-order valence-electron chi connectivity index (χ1n) is 0. The van der Waals surface area contributed by atoms with Gasteiger partial charge in [0.05, 0.1) is 0 Å². The Morgan fingerprint density at radius 1 is 1.25 bits per heavy atom. The molecule has 0 fully saturated rings. The standard InChI is InChI=1S/ClH.Fe.Mg.Mn.2H/h1H;;;;;/q;;+2;;2*-1. The van der Waals surface area contributed by atoms with E-state index in [1.165, 1.54) is 0 Å². The topological polar surface area (TPSA) is 0 Å². The predicted molar refractivity (Wildman–Crippen MR) is 15.2 cm³/mol. The zero-order chi connectivity index (χ0) is 0. The van der Waals surface area contributed by atoms with Gasteiger partial charge in [0.2, 0.25) is 0 Å². The molecule has 0 nitrogen and oxygen atoms in total. The molecular formula is H3ClFeMgMn. The van der Waals surface area contributed by atoms with Crippen LogP contribution in [0, 0.1) is 0 Å². The van der Waals surface area contributed by atoms with Crippen LogP contribution in [0.3, 0.4) is 0 Å².